The fourth-order valence-corrected chi connectivity index (χ4v) is 0.485. The minimum atomic E-state index is -0.691. The van der Waals surface area contributed by atoms with Gasteiger partial charge in [-0.05, 0) is 19.8 Å². The maximum atomic E-state index is 12.0. The first-order chi connectivity index (χ1) is 3.77. The molecular weight excluding hydrogens is 107 g/mol. The summed E-state index contributed by atoms with van der Waals surface area (Å²) < 4.78 is 12.0. The van der Waals surface area contributed by atoms with Crippen molar-refractivity contribution in [2.45, 2.75) is 25.9 Å². The highest BCUT2D eigenvalue weighted by molar-refractivity contribution is 4.47. The Hall–Kier alpha value is -0.150. The van der Waals surface area contributed by atoms with Crippen molar-refractivity contribution in [3.05, 3.63) is 0 Å². The van der Waals surface area contributed by atoms with E-state index in [1.807, 2.05) is 0 Å². The second-order valence-corrected chi connectivity index (χ2v) is 1.88. The van der Waals surface area contributed by atoms with Gasteiger partial charge in [0.15, 0.2) is 0 Å². The summed E-state index contributed by atoms with van der Waals surface area (Å²) in [5.41, 5.74) is 2.46. The Bertz CT molecular complexity index is 47.7. The molecule has 0 unspecified atom stereocenters. The number of hydrazine groups is 1. The normalized spacial score (nSPS) is 13.9. The van der Waals surface area contributed by atoms with Crippen molar-refractivity contribution < 1.29 is 4.39 Å². The highest BCUT2D eigenvalue weighted by Gasteiger charge is 1.94. The Morgan fingerprint density at radius 1 is 1.75 bits per heavy atom. The van der Waals surface area contributed by atoms with Crippen LogP contribution in [0.15, 0.2) is 0 Å². The van der Waals surface area contributed by atoms with Crippen LogP contribution in [0.25, 0.3) is 0 Å². The number of rotatable bonds is 4. The summed E-state index contributed by atoms with van der Waals surface area (Å²) in [6, 6.07) is 0. The lowest BCUT2D eigenvalue weighted by molar-refractivity contribution is 0.332. The van der Waals surface area contributed by atoms with Gasteiger partial charge in [-0.25, -0.2) is 4.39 Å². The molecule has 0 bridgehead atoms. The van der Waals surface area contributed by atoms with Crippen molar-refractivity contribution in [2.24, 2.45) is 5.84 Å². The molecule has 3 heteroatoms. The third-order valence-corrected chi connectivity index (χ3v) is 0.923. The second kappa shape index (κ2) is 5.00. The summed E-state index contributed by atoms with van der Waals surface area (Å²) in [7, 11) is 0. The van der Waals surface area contributed by atoms with Crippen LogP contribution in [-0.4, -0.2) is 12.7 Å². The van der Waals surface area contributed by atoms with Gasteiger partial charge in [-0.1, -0.05) is 0 Å². The van der Waals surface area contributed by atoms with Crippen molar-refractivity contribution in [2.75, 3.05) is 6.54 Å². The van der Waals surface area contributed by atoms with Crippen LogP contribution in [0.3, 0.4) is 0 Å². The lowest BCUT2D eigenvalue weighted by Gasteiger charge is -1.98. The van der Waals surface area contributed by atoms with E-state index >= 15 is 0 Å². The molecule has 0 aromatic heterocycles. The standard InChI is InChI=1S/C5H13FN2/c1-5(6)3-2-4-8-7/h5,8H,2-4,7H2,1H3/t5-/m1/s1. The van der Waals surface area contributed by atoms with Crippen molar-refractivity contribution in [1.82, 2.24) is 5.43 Å². The molecule has 0 aliphatic rings. The molecule has 1 atom stereocenters. The maximum Gasteiger partial charge on any atom is 0.0974 e. The lowest BCUT2D eigenvalue weighted by Crippen LogP contribution is -2.23. The van der Waals surface area contributed by atoms with Gasteiger partial charge in [0.2, 0.25) is 0 Å². The van der Waals surface area contributed by atoms with E-state index in [4.69, 9.17) is 5.84 Å². The molecule has 0 aliphatic heterocycles. The highest BCUT2D eigenvalue weighted by atomic mass is 19.1. The van der Waals surface area contributed by atoms with E-state index in [0.29, 0.717) is 13.0 Å². The molecule has 0 rings (SSSR count). The quantitative estimate of drug-likeness (QED) is 0.323. The number of halogens is 1. The van der Waals surface area contributed by atoms with Crippen molar-refractivity contribution in [3.63, 3.8) is 0 Å². The smallest absolute Gasteiger partial charge is 0.0974 e. The number of hydrogen-bond acceptors (Lipinski definition) is 2. The van der Waals surface area contributed by atoms with Gasteiger partial charge in [0, 0.05) is 6.54 Å². The zero-order valence-electron chi connectivity index (χ0n) is 5.15. The molecule has 8 heavy (non-hydrogen) atoms. The molecule has 0 aliphatic carbocycles. The van der Waals surface area contributed by atoms with Gasteiger partial charge in [0.05, 0.1) is 6.17 Å². The van der Waals surface area contributed by atoms with Gasteiger partial charge in [0.25, 0.3) is 0 Å². The number of hydrogen-bond donors (Lipinski definition) is 2. The first-order valence-corrected chi connectivity index (χ1v) is 2.85. The first-order valence-electron chi connectivity index (χ1n) is 2.85. The summed E-state index contributed by atoms with van der Waals surface area (Å²) in [6.07, 6.45) is 0.724. The zero-order valence-corrected chi connectivity index (χ0v) is 5.15. The largest absolute Gasteiger partial charge is 0.271 e. The molecule has 0 amide bonds. The zero-order chi connectivity index (χ0) is 6.41. The Balaban J connectivity index is 2.72. The van der Waals surface area contributed by atoms with Crippen LogP contribution in [0.4, 0.5) is 4.39 Å². The van der Waals surface area contributed by atoms with Crippen LogP contribution in [-0.2, 0) is 0 Å². The third kappa shape index (κ3) is 5.85. The minimum Gasteiger partial charge on any atom is -0.271 e. The van der Waals surface area contributed by atoms with Gasteiger partial charge in [-0.15, -0.1) is 0 Å². The van der Waals surface area contributed by atoms with Crippen LogP contribution < -0.4 is 11.3 Å². The minimum absolute atomic E-state index is 0.601. The Morgan fingerprint density at radius 2 is 2.38 bits per heavy atom. The molecule has 0 radical (unpaired) electrons. The molecule has 0 heterocycles. The summed E-state index contributed by atoms with van der Waals surface area (Å²) >= 11 is 0. The predicted molar refractivity (Wildman–Crippen MR) is 32.0 cm³/mol. The molecule has 0 saturated heterocycles. The fraction of sp³-hybridized carbons (Fsp3) is 1.00. The van der Waals surface area contributed by atoms with E-state index in [-0.39, 0.29) is 0 Å². The first kappa shape index (κ1) is 7.85. The van der Waals surface area contributed by atoms with Gasteiger partial charge in [-0.3, -0.25) is 11.3 Å². The van der Waals surface area contributed by atoms with Gasteiger partial charge >= 0.3 is 0 Å². The van der Waals surface area contributed by atoms with Gasteiger partial charge < -0.3 is 0 Å². The predicted octanol–water partition coefficient (Wildman–Crippen LogP) is 0.588. The van der Waals surface area contributed by atoms with Crippen LogP contribution in [0, 0.1) is 0 Å². The van der Waals surface area contributed by atoms with E-state index < -0.39 is 6.17 Å². The van der Waals surface area contributed by atoms with E-state index in [1.54, 1.807) is 6.92 Å². The molecule has 0 spiro atoms. The molecule has 0 aromatic rings. The van der Waals surface area contributed by atoms with E-state index in [0.717, 1.165) is 6.42 Å². The topological polar surface area (TPSA) is 38.0 Å². The number of nitrogens with two attached hydrogens (primary N) is 1. The molecular formula is C5H13FN2. The van der Waals surface area contributed by atoms with Crippen LogP contribution in [0.5, 0.6) is 0 Å². The lowest BCUT2D eigenvalue weighted by atomic mass is 10.2. The average Bonchev–Trinajstić information content (AvgIpc) is 1.66. The molecule has 50 valence electrons. The number of nitrogens with one attached hydrogen (secondary N) is 1. The van der Waals surface area contributed by atoms with E-state index in [1.165, 1.54) is 0 Å². The van der Waals surface area contributed by atoms with Crippen molar-refractivity contribution in [3.8, 4) is 0 Å². The van der Waals surface area contributed by atoms with Crippen LogP contribution in [0.1, 0.15) is 19.8 Å². The molecule has 0 fully saturated rings. The average molecular weight is 120 g/mol. The summed E-state index contributed by atoms with van der Waals surface area (Å²) in [6.45, 7) is 2.25. The SMILES string of the molecule is C[C@@H](F)CCCNN. The van der Waals surface area contributed by atoms with Crippen molar-refractivity contribution >= 4 is 0 Å². The molecule has 3 N–H and O–H groups in total. The second-order valence-electron chi connectivity index (χ2n) is 1.88. The highest BCUT2D eigenvalue weighted by Crippen LogP contribution is 1.97. The van der Waals surface area contributed by atoms with Crippen molar-refractivity contribution in [1.29, 1.82) is 0 Å². The third-order valence-electron chi connectivity index (χ3n) is 0.923. The van der Waals surface area contributed by atoms with Gasteiger partial charge in [-0.2, -0.15) is 0 Å². The monoisotopic (exact) mass is 120 g/mol. The number of alkyl halides is 1. The Morgan fingerprint density at radius 3 is 2.75 bits per heavy atom. The van der Waals surface area contributed by atoms with Gasteiger partial charge in [0.1, 0.15) is 0 Å². The van der Waals surface area contributed by atoms with E-state index in [9.17, 15) is 4.39 Å². The van der Waals surface area contributed by atoms with E-state index in [2.05, 4.69) is 5.43 Å². The molecule has 0 saturated carbocycles. The van der Waals surface area contributed by atoms with Crippen LogP contribution in [0.2, 0.25) is 0 Å². The van der Waals surface area contributed by atoms with Crippen LogP contribution >= 0.6 is 0 Å². The fourth-order valence-electron chi connectivity index (χ4n) is 0.485. The summed E-state index contributed by atoms with van der Waals surface area (Å²) in [5, 5.41) is 0. The molecule has 2 nitrogen and oxygen atoms in total. The Labute approximate surface area is 49.2 Å². The summed E-state index contributed by atoms with van der Waals surface area (Å²) in [4.78, 5) is 0. The summed E-state index contributed by atoms with van der Waals surface area (Å²) in [5.74, 6) is 4.94. The molecule has 0 aromatic carbocycles. The Kier molecular flexibility index (Phi) is 4.90. The maximum absolute atomic E-state index is 12.0.